The monoisotopic (exact) mass is 817 g/mol. The number of benzene rings is 6. The van der Waals surface area contributed by atoms with Gasteiger partial charge < -0.3 is 14.7 Å². The Morgan fingerprint density at radius 3 is 1.30 bits per heavy atom. The Morgan fingerprint density at radius 2 is 0.852 bits per heavy atom. The summed E-state index contributed by atoms with van der Waals surface area (Å²) in [6, 6.07) is 55.1. The molecule has 0 radical (unpaired) electrons. The quantitative estimate of drug-likeness (QED) is 0.160. The summed E-state index contributed by atoms with van der Waals surface area (Å²) < 4.78 is 1.41. The average molecular weight is 818 g/mol. The molecule has 1 aromatic heterocycles. The Kier molecular flexibility index (Phi) is 9.75. The summed E-state index contributed by atoms with van der Waals surface area (Å²) in [5.74, 6) is 0. The van der Waals surface area contributed by atoms with Crippen molar-refractivity contribution in [1.29, 1.82) is 0 Å². The van der Waals surface area contributed by atoms with E-state index in [1.165, 1.54) is 65.7 Å². The number of anilines is 9. The number of nitrogens with zero attached hydrogens (tertiary/aromatic N) is 3. The minimum Gasteiger partial charge on any atom is -0.311 e. The van der Waals surface area contributed by atoms with Gasteiger partial charge >= 0.3 is 0 Å². The van der Waals surface area contributed by atoms with Crippen molar-refractivity contribution in [3.05, 3.63) is 167 Å². The molecule has 5 heteroatoms. The van der Waals surface area contributed by atoms with Crippen molar-refractivity contribution in [2.45, 2.75) is 105 Å². The zero-order valence-corrected chi connectivity index (χ0v) is 39.0. The molecule has 0 unspecified atom stereocenters. The Balaban J connectivity index is 1.42. The normalized spacial score (nSPS) is 13.8. The van der Waals surface area contributed by atoms with Gasteiger partial charge in [0.25, 0.3) is 6.71 Å². The first-order chi connectivity index (χ1) is 28.8. The second-order valence-corrected chi connectivity index (χ2v) is 22.3. The predicted octanol–water partition coefficient (Wildman–Crippen LogP) is 14.5. The predicted molar refractivity (Wildman–Crippen MR) is 268 cm³/mol. The van der Waals surface area contributed by atoms with Gasteiger partial charge in [0.15, 0.2) is 0 Å². The third-order valence-electron chi connectivity index (χ3n) is 12.6. The lowest BCUT2D eigenvalue weighted by molar-refractivity contribution is 0.590. The highest BCUT2D eigenvalue weighted by atomic mass is 32.1. The van der Waals surface area contributed by atoms with E-state index < -0.39 is 0 Å². The highest BCUT2D eigenvalue weighted by Crippen LogP contribution is 2.50. The van der Waals surface area contributed by atoms with Crippen molar-refractivity contribution in [3.8, 4) is 0 Å². The van der Waals surface area contributed by atoms with Gasteiger partial charge in [-0.2, -0.15) is 11.3 Å². The minimum atomic E-state index is -0.0209. The summed E-state index contributed by atoms with van der Waals surface area (Å²) in [4.78, 5) is 8.97. The third kappa shape index (κ3) is 7.29. The first-order valence-corrected chi connectivity index (χ1v) is 22.8. The maximum absolute atomic E-state index is 2.58. The molecular formula is C56H60BN3S. The summed E-state index contributed by atoms with van der Waals surface area (Å²) in [7, 11) is 0. The van der Waals surface area contributed by atoms with Gasteiger partial charge in [0.2, 0.25) is 0 Å². The van der Waals surface area contributed by atoms with Crippen molar-refractivity contribution >= 4 is 84.9 Å². The zero-order valence-electron chi connectivity index (χ0n) is 38.2. The van der Waals surface area contributed by atoms with Crippen LogP contribution in [0.1, 0.15) is 105 Å². The first kappa shape index (κ1) is 40.9. The van der Waals surface area contributed by atoms with Crippen LogP contribution in [0.2, 0.25) is 0 Å². The van der Waals surface area contributed by atoms with Gasteiger partial charge in [-0.3, -0.25) is 0 Å². The molecule has 7 aromatic rings. The van der Waals surface area contributed by atoms with Crippen molar-refractivity contribution in [1.82, 2.24) is 0 Å². The summed E-state index contributed by atoms with van der Waals surface area (Å²) in [5, 5.41) is 0. The summed E-state index contributed by atoms with van der Waals surface area (Å²) in [6.45, 7) is 27.9. The summed E-state index contributed by atoms with van der Waals surface area (Å²) in [5.41, 5.74) is 17.4. The average Bonchev–Trinajstić information content (AvgIpc) is 3.67. The van der Waals surface area contributed by atoms with E-state index in [9.17, 15) is 0 Å². The molecule has 0 aliphatic carbocycles. The van der Waals surface area contributed by atoms with Crippen LogP contribution in [0.15, 0.2) is 146 Å². The van der Waals surface area contributed by atoms with Gasteiger partial charge in [0.1, 0.15) is 0 Å². The number of fused-ring (bicyclic) bond motifs is 4. The van der Waals surface area contributed by atoms with Crippen LogP contribution in [-0.4, -0.2) is 6.71 Å². The zero-order chi connectivity index (χ0) is 43.2. The van der Waals surface area contributed by atoms with Crippen LogP contribution >= 0.6 is 11.3 Å². The van der Waals surface area contributed by atoms with E-state index in [0.717, 1.165) is 22.7 Å². The second-order valence-electron chi connectivity index (χ2n) is 21.2. The van der Waals surface area contributed by atoms with Crippen LogP contribution < -0.4 is 30.4 Å². The molecule has 0 amide bonds. The van der Waals surface area contributed by atoms with Gasteiger partial charge in [-0.05, 0) is 122 Å². The van der Waals surface area contributed by atoms with Crippen LogP contribution in [0.5, 0.6) is 0 Å². The van der Waals surface area contributed by atoms with Crippen LogP contribution in [0.4, 0.5) is 51.2 Å². The molecule has 3 heterocycles. The molecule has 0 saturated heterocycles. The van der Waals surface area contributed by atoms with Gasteiger partial charge in [-0.1, -0.05) is 156 Å². The Bertz CT molecular complexity index is 2680. The molecule has 3 nitrogen and oxygen atoms in total. The van der Waals surface area contributed by atoms with E-state index in [1.54, 1.807) is 0 Å². The SMILES string of the molecule is CC(C)(C)c1ccc(N2c3ccc(C(C)(C)C)cc3B3c4sc(C(C)(C)C)cc4N(c4ccc(C(C)(C)C)cc4)c4cc(N(c5ccccc5)c5ccccc5)cc2c43)cc1. The fraction of sp³-hybridized carbons (Fsp3) is 0.286. The fourth-order valence-corrected chi connectivity index (χ4v) is 10.4. The van der Waals surface area contributed by atoms with Crippen molar-refractivity contribution < 1.29 is 0 Å². The van der Waals surface area contributed by atoms with Gasteiger partial charge in [0.05, 0.1) is 11.4 Å². The fourth-order valence-electron chi connectivity index (χ4n) is 9.07. The minimum absolute atomic E-state index is 0.0165. The van der Waals surface area contributed by atoms with E-state index >= 15 is 0 Å². The number of para-hydroxylation sites is 2. The molecule has 9 rings (SSSR count). The van der Waals surface area contributed by atoms with Crippen molar-refractivity contribution in [2.24, 2.45) is 0 Å². The maximum Gasteiger partial charge on any atom is 0.264 e. The molecule has 0 saturated carbocycles. The van der Waals surface area contributed by atoms with E-state index in [4.69, 9.17) is 0 Å². The second kappa shape index (κ2) is 14.6. The summed E-state index contributed by atoms with van der Waals surface area (Å²) in [6.07, 6.45) is 0. The molecule has 2 aliphatic rings. The molecule has 0 bridgehead atoms. The molecule has 61 heavy (non-hydrogen) atoms. The number of hydrogen-bond donors (Lipinski definition) is 0. The Morgan fingerprint density at radius 1 is 0.410 bits per heavy atom. The molecule has 0 fully saturated rings. The van der Waals surface area contributed by atoms with Crippen molar-refractivity contribution in [3.63, 3.8) is 0 Å². The van der Waals surface area contributed by atoms with E-state index in [2.05, 4.69) is 243 Å². The van der Waals surface area contributed by atoms with Crippen molar-refractivity contribution in [2.75, 3.05) is 14.7 Å². The topological polar surface area (TPSA) is 9.72 Å². The lowest BCUT2D eigenvalue weighted by Crippen LogP contribution is -2.60. The van der Waals surface area contributed by atoms with Crippen LogP contribution in [-0.2, 0) is 21.7 Å². The molecule has 0 spiro atoms. The highest BCUT2D eigenvalue weighted by molar-refractivity contribution is 7.29. The number of rotatable bonds is 5. The Hall–Kier alpha value is -5.52. The lowest BCUT2D eigenvalue weighted by Gasteiger charge is -2.44. The largest absolute Gasteiger partial charge is 0.311 e. The first-order valence-electron chi connectivity index (χ1n) is 22.0. The van der Waals surface area contributed by atoms with E-state index in [1.807, 2.05) is 11.3 Å². The maximum atomic E-state index is 2.58. The molecule has 6 aromatic carbocycles. The Labute approximate surface area is 369 Å². The van der Waals surface area contributed by atoms with Crippen LogP contribution in [0, 0.1) is 0 Å². The number of thiophene rings is 1. The highest BCUT2D eigenvalue weighted by Gasteiger charge is 2.46. The third-order valence-corrected chi connectivity index (χ3v) is 14.2. The van der Waals surface area contributed by atoms with Gasteiger partial charge in [-0.15, -0.1) is 0 Å². The van der Waals surface area contributed by atoms with Crippen LogP contribution in [0.3, 0.4) is 0 Å². The molecule has 308 valence electrons. The number of hydrogen-bond acceptors (Lipinski definition) is 4. The van der Waals surface area contributed by atoms with E-state index in [-0.39, 0.29) is 28.4 Å². The lowest BCUT2D eigenvalue weighted by atomic mass is 9.36. The van der Waals surface area contributed by atoms with E-state index in [0.29, 0.717) is 0 Å². The standard InChI is InChI=1S/C56H60BN3S/c1-53(2,3)37-23-28-42(29-24-37)59-46-32-27-39(55(7,8)9)33-45(46)57-51-47(59)34-44(58(40-19-15-13-16-20-40)41-21-17-14-18-22-41)35-48(51)60(43-30-25-38(26-31-43)54(4,5)6)49-36-50(56(10,11)12)61-52(49)57/h13-36H,1-12H3. The molecule has 0 N–H and O–H groups in total. The smallest absolute Gasteiger partial charge is 0.264 e. The van der Waals surface area contributed by atoms with Gasteiger partial charge in [0, 0.05) is 49.5 Å². The van der Waals surface area contributed by atoms with Gasteiger partial charge in [-0.25, -0.2) is 0 Å². The molecule has 0 atom stereocenters. The molecule has 2 aliphatic heterocycles. The molecular weight excluding hydrogens is 758 g/mol. The summed E-state index contributed by atoms with van der Waals surface area (Å²) >= 11 is 2.00. The van der Waals surface area contributed by atoms with Crippen LogP contribution in [0.25, 0.3) is 0 Å².